The Labute approximate surface area is 107 Å². The molecule has 1 atom stereocenters. The number of nitrogens with one attached hydrogen (secondary N) is 1. The lowest BCUT2D eigenvalue weighted by Crippen LogP contribution is -2.39. The van der Waals surface area contributed by atoms with E-state index in [1.807, 2.05) is 0 Å². The first-order valence-electron chi connectivity index (χ1n) is 6.22. The van der Waals surface area contributed by atoms with Crippen molar-refractivity contribution in [2.45, 2.75) is 20.3 Å². The van der Waals surface area contributed by atoms with E-state index < -0.39 is 0 Å². The number of ether oxygens (including phenoxy) is 1. The number of carbonyl (C=O) groups is 1. The molecule has 0 amide bonds. The number of ketones is 1. The molecule has 1 saturated heterocycles. The summed E-state index contributed by atoms with van der Waals surface area (Å²) in [6.45, 7) is 5.72. The van der Waals surface area contributed by atoms with Gasteiger partial charge in [-0.05, 0) is 18.9 Å². The van der Waals surface area contributed by atoms with E-state index in [4.69, 9.17) is 4.74 Å². The SMILES string of the molecule is COc1nccnc1C(=O)C1(C(C)C)CCNC1. The van der Waals surface area contributed by atoms with Crippen LogP contribution in [-0.4, -0.2) is 36.0 Å². The fourth-order valence-corrected chi connectivity index (χ4v) is 2.53. The van der Waals surface area contributed by atoms with E-state index in [9.17, 15) is 4.79 Å². The van der Waals surface area contributed by atoms with Gasteiger partial charge in [-0.15, -0.1) is 0 Å². The van der Waals surface area contributed by atoms with Gasteiger partial charge in [0.2, 0.25) is 5.88 Å². The molecule has 0 aliphatic carbocycles. The van der Waals surface area contributed by atoms with E-state index in [1.165, 1.54) is 19.5 Å². The van der Waals surface area contributed by atoms with Crippen LogP contribution in [0.1, 0.15) is 30.8 Å². The van der Waals surface area contributed by atoms with Crippen molar-refractivity contribution >= 4 is 5.78 Å². The van der Waals surface area contributed by atoms with Crippen molar-refractivity contribution in [1.82, 2.24) is 15.3 Å². The molecule has 1 fully saturated rings. The van der Waals surface area contributed by atoms with Gasteiger partial charge in [0, 0.05) is 18.9 Å². The van der Waals surface area contributed by atoms with Crippen LogP contribution in [0.25, 0.3) is 0 Å². The van der Waals surface area contributed by atoms with E-state index in [1.54, 1.807) is 0 Å². The van der Waals surface area contributed by atoms with E-state index in [0.717, 1.165) is 13.0 Å². The molecule has 5 nitrogen and oxygen atoms in total. The van der Waals surface area contributed by atoms with Crippen LogP contribution in [-0.2, 0) is 0 Å². The predicted molar refractivity (Wildman–Crippen MR) is 67.7 cm³/mol. The number of aromatic nitrogens is 2. The van der Waals surface area contributed by atoms with E-state index in [-0.39, 0.29) is 17.1 Å². The highest BCUT2D eigenvalue weighted by atomic mass is 16.5. The summed E-state index contributed by atoms with van der Waals surface area (Å²) in [5.41, 5.74) is -0.0408. The Bertz CT molecular complexity index is 440. The van der Waals surface area contributed by atoms with Crippen LogP contribution in [0.4, 0.5) is 0 Å². The molecule has 0 aromatic carbocycles. The quantitative estimate of drug-likeness (QED) is 0.815. The van der Waals surface area contributed by atoms with Crippen LogP contribution in [0.5, 0.6) is 5.88 Å². The highest BCUT2D eigenvalue weighted by Crippen LogP contribution is 2.38. The second kappa shape index (κ2) is 5.02. The Kier molecular flexibility index (Phi) is 3.61. The number of methoxy groups -OCH3 is 1. The first kappa shape index (κ1) is 13.0. The average molecular weight is 249 g/mol. The molecule has 1 unspecified atom stereocenters. The Hall–Kier alpha value is -1.49. The molecule has 5 heteroatoms. The summed E-state index contributed by atoms with van der Waals surface area (Å²) in [6, 6.07) is 0. The second-order valence-electron chi connectivity index (χ2n) is 4.98. The van der Waals surface area contributed by atoms with Gasteiger partial charge in [-0.2, -0.15) is 0 Å². The molecule has 1 aliphatic rings. The van der Waals surface area contributed by atoms with Gasteiger partial charge in [-0.25, -0.2) is 9.97 Å². The zero-order valence-corrected chi connectivity index (χ0v) is 11.1. The van der Waals surface area contributed by atoms with Crippen LogP contribution in [0.2, 0.25) is 0 Å². The van der Waals surface area contributed by atoms with Crippen molar-refractivity contribution in [3.05, 3.63) is 18.1 Å². The fraction of sp³-hybridized carbons (Fsp3) is 0.615. The molecule has 2 rings (SSSR count). The minimum absolute atomic E-state index is 0.0347. The molecule has 0 bridgehead atoms. The molecule has 1 aliphatic heterocycles. The highest BCUT2D eigenvalue weighted by molar-refractivity contribution is 6.01. The molecule has 1 aromatic rings. The van der Waals surface area contributed by atoms with Crippen molar-refractivity contribution in [3.63, 3.8) is 0 Å². The molecule has 0 radical (unpaired) electrons. The van der Waals surface area contributed by atoms with Gasteiger partial charge >= 0.3 is 0 Å². The Morgan fingerprint density at radius 3 is 2.72 bits per heavy atom. The third-order valence-electron chi connectivity index (χ3n) is 3.82. The molecule has 98 valence electrons. The highest BCUT2D eigenvalue weighted by Gasteiger charge is 2.45. The predicted octanol–water partition coefficient (Wildman–Crippen LogP) is 1.30. The molecule has 1 N–H and O–H groups in total. The van der Waals surface area contributed by atoms with Crippen LogP contribution < -0.4 is 10.1 Å². The lowest BCUT2D eigenvalue weighted by Gasteiger charge is -2.30. The average Bonchev–Trinajstić information content (AvgIpc) is 2.88. The van der Waals surface area contributed by atoms with Gasteiger partial charge in [0.05, 0.1) is 12.5 Å². The zero-order valence-electron chi connectivity index (χ0n) is 11.1. The molecule has 18 heavy (non-hydrogen) atoms. The summed E-state index contributed by atoms with van der Waals surface area (Å²) < 4.78 is 5.14. The molecule has 0 saturated carbocycles. The fourth-order valence-electron chi connectivity index (χ4n) is 2.53. The van der Waals surface area contributed by atoms with Gasteiger partial charge in [0.15, 0.2) is 11.5 Å². The van der Waals surface area contributed by atoms with Crippen LogP contribution in [0, 0.1) is 11.3 Å². The molecular weight excluding hydrogens is 230 g/mol. The maximum absolute atomic E-state index is 12.8. The Morgan fingerprint density at radius 1 is 1.44 bits per heavy atom. The first-order valence-corrected chi connectivity index (χ1v) is 6.22. The van der Waals surface area contributed by atoms with Crippen LogP contribution in [0.3, 0.4) is 0 Å². The van der Waals surface area contributed by atoms with Gasteiger partial charge in [-0.1, -0.05) is 13.8 Å². The number of hydrogen-bond acceptors (Lipinski definition) is 5. The number of carbonyl (C=O) groups excluding carboxylic acids is 1. The molecule has 0 spiro atoms. The van der Waals surface area contributed by atoms with Crippen molar-refractivity contribution in [2.24, 2.45) is 11.3 Å². The van der Waals surface area contributed by atoms with Crippen molar-refractivity contribution in [1.29, 1.82) is 0 Å². The topological polar surface area (TPSA) is 64.1 Å². The van der Waals surface area contributed by atoms with Crippen molar-refractivity contribution in [2.75, 3.05) is 20.2 Å². The van der Waals surface area contributed by atoms with E-state index >= 15 is 0 Å². The summed E-state index contributed by atoms with van der Waals surface area (Å²) in [4.78, 5) is 21.0. The summed E-state index contributed by atoms with van der Waals surface area (Å²) in [7, 11) is 1.51. The summed E-state index contributed by atoms with van der Waals surface area (Å²) in [5, 5.41) is 3.27. The van der Waals surface area contributed by atoms with Crippen molar-refractivity contribution in [3.8, 4) is 5.88 Å². The molecule has 1 aromatic heterocycles. The third kappa shape index (κ3) is 1.99. The first-order chi connectivity index (χ1) is 8.62. The van der Waals surface area contributed by atoms with Crippen LogP contribution >= 0.6 is 0 Å². The largest absolute Gasteiger partial charge is 0.479 e. The number of nitrogens with zero attached hydrogens (tertiary/aromatic N) is 2. The zero-order chi connectivity index (χ0) is 13.2. The standard InChI is InChI=1S/C13H19N3O2/c1-9(2)13(4-5-14-8-13)11(17)10-12(18-3)16-7-6-15-10/h6-7,9,14H,4-5,8H2,1-3H3. The number of Topliss-reactive ketones (excluding diaryl/α,β-unsaturated/α-hetero) is 1. The second-order valence-corrected chi connectivity index (χ2v) is 4.98. The van der Waals surface area contributed by atoms with Crippen molar-refractivity contribution < 1.29 is 9.53 Å². The summed E-state index contributed by atoms with van der Waals surface area (Å²) >= 11 is 0. The summed E-state index contributed by atoms with van der Waals surface area (Å²) in [5.74, 6) is 0.605. The van der Waals surface area contributed by atoms with Crippen LogP contribution in [0.15, 0.2) is 12.4 Å². The number of rotatable bonds is 4. The summed E-state index contributed by atoms with van der Waals surface area (Å²) in [6.07, 6.45) is 3.90. The van der Waals surface area contributed by atoms with E-state index in [2.05, 4.69) is 29.1 Å². The van der Waals surface area contributed by atoms with Gasteiger partial charge in [0.25, 0.3) is 0 Å². The maximum Gasteiger partial charge on any atom is 0.243 e. The van der Waals surface area contributed by atoms with Gasteiger partial charge in [-0.3, -0.25) is 4.79 Å². The normalized spacial score (nSPS) is 23.3. The van der Waals surface area contributed by atoms with Gasteiger partial charge in [0.1, 0.15) is 0 Å². The minimum Gasteiger partial charge on any atom is -0.479 e. The molecule has 2 heterocycles. The molecular formula is C13H19N3O2. The lowest BCUT2D eigenvalue weighted by atomic mass is 9.72. The lowest BCUT2D eigenvalue weighted by molar-refractivity contribution is 0.0729. The Morgan fingerprint density at radius 2 is 2.17 bits per heavy atom. The third-order valence-corrected chi connectivity index (χ3v) is 3.82. The van der Waals surface area contributed by atoms with E-state index in [0.29, 0.717) is 18.1 Å². The maximum atomic E-state index is 12.8. The van der Waals surface area contributed by atoms with Gasteiger partial charge < -0.3 is 10.1 Å². The number of hydrogen-bond donors (Lipinski definition) is 1. The smallest absolute Gasteiger partial charge is 0.243 e. The minimum atomic E-state index is -0.386. The monoisotopic (exact) mass is 249 g/mol. The Balaban J connectivity index is 2.40.